The number of hydrogen-bond donors (Lipinski definition) is 1. The van der Waals surface area contributed by atoms with Crippen molar-refractivity contribution in [1.82, 2.24) is 9.88 Å². The topological polar surface area (TPSA) is 83.0 Å². The molecule has 0 aliphatic carbocycles. The first-order chi connectivity index (χ1) is 12.1. The fourth-order valence-corrected chi connectivity index (χ4v) is 3.79. The lowest BCUT2D eigenvalue weighted by molar-refractivity contribution is 0.0110. The molecule has 1 N–H and O–H groups in total. The molecule has 7 nitrogen and oxygen atoms in total. The van der Waals surface area contributed by atoms with Gasteiger partial charge in [-0.15, -0.1) is 0 Å². The molecule has 0 aromatic carbocycles. The molecule has 1 saturated heterocycles. The molecule has 1 aliphatic rings. The molecular weight excluding hydrogens is 401 g/mol. The molecule has 2 atom stereocenters. The molecule has 1 amide bonds. The van der Waals surface area contributed by atoms with E-state index in [1.54, 1.807) is 25.7 Å². The van der Waals surface area contributed by atoms with Gasteiger partial charge in [0, 0.05) is 12.7 Å². The second-order valence-electron chi connectivity index (χ2n) is 7.08. The first-order valence-electron chi connectivity index (χ1n) is 8.27. The van der Waals surface area contributed by atoms with Crippen molar-refractivity contribution < 1.29 is 18.3 Å². The minimum Gasteiger partial charge on any atom is -0.444 e. The lowest BCUT2D eigenvalue weighted by atomic mass is 10.0. The SMILES string of the molecule is CC(C)(C)OC(=O)N1CCCCC1CN(c1cc(Cl)cnc1Cl)S(=O)O. The molecule has 1 aromatic heterocycles. The van der Waals surface area contributed by atoms with Gasteiger partial charge in [0.25, 0.3) is 11.3 Å². The van der Waals surface area contributed by atoms with Gasteiger partial charge in [-0.05, 0) is 46.1 Å². The Morgan fingerprint density at radius 2 is 2.15 bits per heavy atom. The molecule has 1 aromatic rings. The first-order valence-corrected chi connectivity index (χ1v) is 10.1. The fourth-order valence-electron chi connectivity index (χ4n) is 2.78. The van der Waals surface area contributed by atoms with Gasteiger partial charge in [-0.2, -0.15) is 0 Å². The van der Waals surface area contributed by atoms with Crippen LogP contribution in [0.2, 0.25) is 10.2 Å². The normalized spacial score (nSPS) is 19.2. The lowest BCUT2D eigenvalue weighted by Gasteiger charge is -2.38. The van der Waals surface area contributed by atoms with E-state index >= 15 is 0 Å². The number of carbonyl (C=O) groups excluding carboxylic acids is 1. The number of amides is 1. The van der Waals surface area contributed by atoms with E-state index in [9.17, 15) is 13.6 Å². The first kappa shape index (κ1) is 21.2. The number of pyridine rings is 1. The average Bonchev–Trinajstić information content (AvgIpc) is 2.53. The van der Waals surface area contributed by atoms with Gasteiger partial charge >= 0.3 is 6.09 Å². The third-order valence-electron chi connectivity index (χ3n) is 3.88. The third kappa shape index (κ3) is 5.70. The summed E-state index contributed by atoms with van der Waals surface area (Å²) in [5, 5.41) is 0.365. The summed E-state index contributed by atoms with van der Waals surface area (Å²) in [4.78, 5) is 18.1. The zero-order valence-electron chi connectivity index (χ0n) is 14.9. The van der Waals surface area contributed by atoms with Crippen LogP contribution >= 0.6 is 23.2 Å². The van der Waals surface area contributed by atoms with E-state index in [1.165, 1.54) is 16.6 Å². The summed E-state index contributed by atoms with van der Waals surface area (Å²) < 4.78 is 28.3. The summed E-state index contributed by atoms with van der Waals surface area (Å²) in [5.41, 5.74) is -0.367. The molecule has 1 fully saturated rings. The average molecular weight is 424 g/mol. The van der Waals surface area contributed by atoms with E-state index < -0.39 is 23.0 Å². The highest BCUT2D eigenvalue weighted by Gasteiger charge is 2.33. The summed E-state index contributed by atoms with van der Waals surface area (Å²) in [6, 6.07) is 1.19. The van der Waals surface area contributed by atoms with Crippen LogP contribution in [0.5, 0.6) is 0 Å². The highest BCUT2D eigenvalue weighted by atomic mass is 35.5. The number of hydrogen-bond acceptors (Lipinski definition) is 4. The van der Waals surface area contributed by atoms with Gasteiger partial charge in [-0.1, -0.05) is 23.2 Å². The predicted octanol–water partition coefficient (Wildman–Crippen LogP) is 4.12. The third-order valence-corrected chi connectivity index (χ3v) is 5.10. The van der Waals surface area contributed by atoms with Crippen LogP contribution in [0.25, 0.3) is 0 Å². The van der Waals surface area contributed by atoms with Crippen LogP contribution in [0.3, 0.4) is 0 Å². The number of likely N-dealkylation sites (tertiary alicyclic amines) is 1. The van der Waals surface area contributed by atoms with Gasteiger partial charge in [-0.3, -0.25) is 8.86 Å². The van der Waals surface area contributed by atoms with Crippen molar-refractivity contribution in [3.63, 3.8) is 0 Å². The Bertz CT molecular complexity index is 684. The van der Waals surface area contributed by atoms with Gasteiger partial charge in [0.2, 0.25) is 0 Å². The molecule has 0 spiro atoms. The number of anilines is 1. The maximum Gasteiger partial charge on any atom is 0.410 e. The van der Waals surface area contributed by atoms with E-state index in [2.05, 4.69) is 4.98 Å². The number of aromatic nitrogens is 1. The number of piperidine rings is 1. The number of ether oxygens (including phenoxy) is 1. The van der Waals surface area contributed by atoms with Crippen LogP contribution in [-0.4, -0.2) is 49.5 Å². The highest BCUT2D eigenvalue weighted by molar-refractivity contribution is 7.80. The van der Waals surface area contributed by atoms with Crippen LogP contribution < -0.4 is 4.31 Å². The number of carbonyl (C=O) groups is 1. The molecule has 146 valence electrons. The number of nitrogens with zero attached hydrogens (tertiary/aromatic N) is 3. The molecule has 10 heteroatoms. The second kappa shape index (κ2) is 8.73. The van der Waals surface area contributed by atoms with Crippen molar-refractivity contribution in [2.24, 2.45) is 0 Å². The van der Waals surface area contributed by atoms with Crippen molar-refractivity contribution in [1.29, 1.82) is 0 Å². The van der Waals surface area contributed by atoms with Crippen molar-refractivity contribution in [2.75, 3.05) is 17.4 Å². The fraction of sp³-hybridized carbons (Fsp3) is 0.625. The maximum absolute atomic E-state index is 12.5. The predicted molar refractivity (Wildman–Crippen MR) is 103 cm³/mol. The van der Waals surface area contributed by atoms with Crippen LogP contribution in [-0.2, 0) is 16.0 Å². The van der Waals surface area contributed by atoms with Crippen molar-refractivity contribution in [3.05, 3.63) is 22.4 Å². The Morgan fingerprint density at radius 3 is 2.77 bits per heavy atom. The number of halogens is 2. The smallest absolute Gasteiger partial charge is 0.410 e. The monoisotopic (exact) mass is 423 g/mol. The standard InChI is InChI=1S/C16H23Cl2N3O4S/c1-16(2,3)25-15(22)20-7-5-4-6-12(20)10-21(26(23)24)13-8-11(17)9-19-14(13)18/h8-9,12H,4-7,10H2,1-3H3,(H,23,24). The Morgan fingerprint density at radius 1 is 1.46 bits per heavy atom. The quantitative estimate of drug-likeness (QED) is 0.581. The van der Waals surface area contributed by atoms with Crippen molar-refractivity contribution in [3.8, 4) is 0 Å². The van der Waals surface area contributed by atoms with E-state index in [0.29, 0.717) is 18.0 Å². The van der Waals surface area contributed by atoms with Crippen LogP contribution in [0.15, 0.2) is 12.3 Å². The second-order valence-corrected chi connectivity index (χ2v) is 8.78. The van der Waals surface area contributed by atoms with Crippen molar-refractivity contribution in [2.45, 2.75) is 51.7 Å². The Labute approximate surface area is 166 Å². The molecule has 2 heterocycles. The summed E-state index contributed by atoms with van der Waals surface area (Å²) in [7, 11) is 0. The van der Waals surface area contributed by atoms with Gasteiger partial charge in [0.05, 0.1) is 23.3 Å². The summed E-state index contributed by atoms with van der Waals surface area (Å²) >= 11 is 9.67. The molecule has 2 unspecified atom stereocenters. The molecular formula is C16H23Cl2N3O4S. The van der Waals surface area contributed by atoms with E-state index in [-0.39, 0.29) is 23.4 Å². The van der Waals surface area contributed by atoms with Crippen LogP contribution in [0.4, 0.5) is 10.5 Å². The highest BCUT2D eigenvalue weighted by Crippen LogP contribution is 2.30. The van der Waals surface area contributed by atoms with Gasteiger partial charge in [-0.25, -0.2) is 14.0 Å². The minimum atomic E-state index is -2.35. The number of rotatable bonds is 4. The van der Waals surface area contributed by atoms with E-state index in [4.69, 9.17) is 27.9 Å². The largest absolute Gasteiger partial charge is 0.444 e. The molecule has 2 rings (SSSR count). The molecule has 26 heavy (non-hydrogen) atoms. The zero-order chi connectivity index (χ0) is 19.5. The minimum absolute atomic E-state index is 0.0661. The van der Waals surface area contributed by atoms with Crippen LogP contribution in [0, 0.1) is 0 Å². The molecule has 1 aliphatic heterocycles. The maximum atomic E-state index is 12.5. The van der Waals surface area contributed by atoms with E-state index in [0.717, 1.165) is 12.8 Å². The summed E-state index contributed by atoms with van der Waals surface area (Å²) in [6.07, 6.45) is 3.40. The summed E-state index contributed by atoms with van der Waals surface area (Å²) in [5.74, 6) is 0. The van der Waals surface area contributed by atoms with Crippen LogP contribution in [0.1, 0.15) is 40.0 Å². The van der Waals surface area contributed by atoms with Crippen molar-refractivity contribution >= 4 is 46.2 Å². The molecule has 0 bridgehead atoms. The van der Waals surface area contributed by atoms with Gasteiger partial charge < -0.3 is 9.64 Å². The zero-order valence-corrected chi connectivity index (χ0v) is 17.3. The Kier molecular flexibility index (Phi) is 7.12. The van der Waals surface area contributed by atoms with Gasteiger partial charge in [0.1, 0.15) is 5.60 Å². The lowest BCUT2D eigenvalue weighted by Crippen LogP contribution is -2.51. The van der Waals surface area contributed by atoms with E-state index in [1.807, 2.05) is 0 Å². The Balaban J connectivity index is 2.24. The summed E-state index contributed by atoms with van der Waals surface area (Å²) in [6.45, 7) is 6.06. The molecule has 0 saturated carbocycles. The Hall–Kier alpha value is -1.09. The molecule has 0 radical (unpaired) electrons. The van der Waals surface area contributed by atoms with Gasteiger partial charge in [0.15, 0.2) is 5.15 Å².